The first kappa shape index (κ1) is 28.9. The number of aromatic nitrogens is 1. The highest BCUT2D eigenvalue weighted by Crippen LogP contribution is 2.37. The molecule has 2 aromatic carbocycles. The Morgan fingerprint density at radius 2 is 1.80 bits per heavy atom. The molecule has 1 unspecified atom stereocenters. The second kappa shape index (κ2) is 12.4. The Hall–Kier alpha value is -4.05. The van der Waals surface area contributed by atoms with Gasteiger partial charge in [0, 0.05) is 11.6 Å². The molecule has 212 valence electrons. The van der Waals surface area contributed by atoms with Gasteiger partial charge in [-0.05, 0) is 55.7 Å². The fourth-order valence-corrected chi connectivity index (χ4v) is 5.48. The molecule has 0 bridgehead atoms. The van der Waals surface area contributed by atoms with Crippen LogP contribution >= 0.6 is 11.3 Å². The molecule has 0 saturated carbocycles. The molecule has 1 atom stereocenters. The SMILES string of the molecule is CCOC(=O)C1=C(C)N=c2sc(=Cc3ccc(OCC(C)C)c(OC)c3)c(=O)n2C1c1ccc(OC)cc1OC. The van der Waals surface area contributed by atoms with Gasteiger partial charge in [0.25, 0.3) is 5.56 Å². The number of carbonyl (C=O) groups excluding carboxylic acids is 1. The van der Waals surface area contributed by atoms with Crippen LogP contribution in [0.4, 0.5) is 0 Å². The summed E-state index contributed by atoms with van der Waals surface area (Å²) in [6.45, 7) is 8.37. The van der Waals surface area contributed by atoms with E-state index in [0.717, 1.165) is 5.56 Å². The maximum Gasteiger partial charge on any atom is 0.338 e. The lowest BCUT2D eigenvalue weighted by atomic mass is 9.95. The van der Waals surface area contributed by atoms with E-state index in [-0.39, 0.29) is 17.7 Å². The van der Waals surface area contributed by atoms with Gasteiger partial charge >= 0.3 is 5.97 Å². The fraction of sp³-hybridized carbons (Fsp3) is 0.367. The van der Waals surface area contributed by atoms with Gasteiger partial charge in [0.05, 0.1) is 50.3 Å². The molecule has 1 aromatic heterocycles. The first-order valence-electron chi connectivity index (χ1n) is 12.9. The second-order valence-electron chi connectivity index (χ2n) is 9.53. The molecule has 1 aliphatic heterocycles. The highest BCUT2D eigenvalue weighted by Gasteiger charge is 2.35. The van der Waals surface area contributed by atoms with Crippen molar-refractivity contribution in [2.75, 3.05) is 34.5 Å². The van der Waals surface area contributed by atoms with Gasteiger partial charge in [-0.2, -0.15) is 0 Å². The van der Waals surface area contributed by atoms with Crippen molar-refractivity contribution in [1.29, 1.82) is 0 Å². The largest absolute Gasteiger partial charge is 0.497 e. The number of rotatable bonds is 10. The zero-order chi connectivity index (χ0) is 29.0. The Morgan fingerprint density at radius 3 is 2.45 bits per heavy atom. The van der Waals surface area contributed by atoms with Gasteiger partial charge in [0.1, 0.15) is 17.5 Å². The lowest BCUT2D eigenvalue weighted by molar-refractivity contribution is -0.139. The van der Waals surface area contributed by atoms with Crippen LogP contribution < -0.4 is 33.8 Å². The normalized spacial score (nSPS) is 15.0. The second-order valence-corrected chi connectivity index (χ2v) is 10.5. The maximum absolute atomic E-state index is 13.9. The number of esters is 1. The number of hydrogen-bond donors (Lipinski definition) is 0. The van der Waals surface area contributed by atoms with E-state index in [1.807, 2.05) is 18.2 Å². The zero-order valence-electron chi connectivity index (χ0n) is 23.8. The van der Waals surface area contributed by atoms with Crippen molar-refractivity contribution in [3.8, 4) is 23.0 Å². The van der Waals surface area contributed by atoms with Crippen molar-refractivity contribution in [3.63, 3.8) is 0 Å². The Bertz CT molecular complexity index is 1620. The molecular formula is C30H34N2O7S. The van der Waals surface area contributed by atoms with Crippen molar-refractivity contribution >= 4 is 23.4 Å². The minimum absolute atomic E-state index is 0.186. The van der Waals surface area contributed by atoms with Crippen LogP contribution in [-0.4, -0.2) is 45.1 Å². The number of fused-ring (bicyclic) bond motifs is 1. The molecule has 0 N–H and O–H groups in total. The van der Waals surface area contributed by atoms with E-state index >= 15 is 0 Å². The minimum Gasteiger partial charge on any atom is -0.497 e. The van der Waals surface area contributed by atoms with Crippen LogP contribution in [0.1, 0.15) is 44.9 Å². The molecule has 0 radical (unpaired) electrons. The van der Waals surface area contributed by atoms with Gasteiger partial charge < -0.3 is 23.7 Å². The minimum atomic E-state index is -0.806. The summed E-state index contributed by atoms with van der Waals surface area (Å²) in [6, 6.07) is 10.00. The van der Waals surface area contributed by atoms with E-state index in [1.165, 1.54) is 23.0 Å². The number of thiazole rings is 1. The lowest BCUT2D eigenvalue weighted by Gasteiger charge is -2.26. The number of allylic oxidation sites excluding steroid dienone is 1. The van der Waals surface area contributed by atoms with Crippen molar-refractivity contribution in [1.82, 2.24) is 4.57 Å². The van der Waals surface area contributed by atoms with E-state index in [9.17, 15) is 9.59 Å². The Balaban J connectivity index is 1.89. The molecule has 0 amide bonds. The fourth-order valence-electron chi connectivity index (χ4n) is 4.43. The molecule has 4 rings (SSSR count). The highest BCUT2D eigenvalue weighted by atomic mass is 32.1. The van der Waals surface area contributed by atoms with Crippen LogP contribution in [0.15, 0.2) is 57.5 Å². The number of nitrogens with zero attached hydrogens (tertiary/aromatic N) is 2. The van der Waals surface area contributed by atoms with E-state index < -0.39 is 12.0 Å². The molecule has 0 saturated heterocycles. The summed E-state index contributed by atoms with van der Waals surface area (Å²) in [5.41, 5.74) is 1.83. The number of benzene rings is 2. The van der Waals surface area contributed by atoms with Crippen LogP contribution in [0, 0.1) is 5.92 Å². The van der Waals surface area contributed by atoms with Crippen molar-refractivity contribution < 1.29 is 28.5 Å². The molecular weight excluding hydrogens is 532 g/mol. The Morgan fingerprint density at radius 1 is 1.05 bits per heavy atom. The van der Waals surface area contributed by atoms with Gasteiger partial charge in [0.15, 0.2) is 16.3 Å². The molecule has 9 nitrogen and oxygen atoms in total. The summed E-state index contributed by atoms with van der Waals surface area (Å²) in [4.78, 5) is 32.2. The first-order chi connectivity index (χ1) is 19.2. The average molecular weight is 567 g/mol. The van der Waals surface area contributed by atoms with E-state index in [2.05, 4.69) is 18.8 Å². The third kappa shape index (κ3) is 5.77. The van der Waals surface area contributed by atoms with Crippen LogP contribution in [-0.2, 0) is 9.53 Å². The Kier molecular flexibility index (Phi) is 8.99. The molecule has 1 aliphatic rings. The third-order valence-corrected chi connectivity index (χ3v) is 7.29. The number of hydrogen-bond acceptors (Lipinski definition) is 9. The summed E-state index contributed by atoms with van der Waals surface area (Å²) >= 11 is 1.24. The van der Waals surface area contributed by atoms with Crippen LogP contribution in [0.5, 0.6) is 23.0 Å². The van der Waals surface area contributed by atoms with Crippen molar-refractivity contribution in [2.45, 2.75) is 33.7 Å². The topological polar surface area (TPSA) is 97.6 Å². The molecule has 3 aromatic rings. The molecule has 40 heavy (non-hydrogen) atoms. The standard InChI is InChI=1S/C30H34N2O7S/c1-8-38-29(34)26-18(4)31-30-32(27(26)21-11-10-20(35-5)15-23(21)36-6)28(33)25(40-30)14-19-9-12-22(24(13-19)37-7)39-16-17(2)3/h9-15,17,27H,8,16H2,1-7H3. The monoisotopic (exact) mass is 566 g/mol. The van der Waals surface area contributed by atoms with Crippen LogP contribution in [0.2, 0.25) is 0 Å². The zero-order valence-corrected chi connectivity index (χ0v) is 24.6. The highest BCUT2D eigenvalue weighted by molar-refractivity contribution is 7.07. The first-order valence-corrected chi connectivity index (χ1v) is 13.8. The maximum atomic E-state index is 13.9. The summed E-state index contributed by atoms with van der Waals surface area (Å²) in [6.07, 6.45) is 1.78. The third-order valence-electron chi connectivity index (χ3n) is 6.31. The van der Waals surface area contributed by atoms with E-state index in [1.54, 1.807) is 52.3 Å². The molecule has 0 fully saturated rings. The summed E-state index contributed by atoms with van der Waals surface area (Å²) in [5.74, 6) is 2.09. The summed E-state index contributed by atoms with van der Waals surface area (Å²) < 4.78 is 29.8. The number of methoxy groups -OCH3 is 3. The predicted molar refractivity (Wildman–Crippen MR) is 153 cm³/mol. The number of carbonyl (C=O) groups is 1. The predicted octanol–water partition coefficient (Wildman–Crippen LogP) is 3.86. The van der Waals surface area contributed by atoms with E-state index in [4.69, 9.17) is 23.7 Å². The van der Waals surface area contributed by atoms with Gasteiger partial charge in [-0.1, -0.05) is 31.3 Å². The summed E-state index contributed by atoms with van der Waals surface area (Å²) in [5, 5.41) is 0. The van der Waals surface area contributed by atoms with Gasteiger partial charge in [-0.3, -0.25) is 9.36 Å². The van der Waals surface area contributed by atoms with Crippen LogP contribution in [0.25, 0.3) is 6.08 Å². The summed E-state index contributed by atoms with van der Waals surface area (Å²) in [7, 11) is 4.67. The Labute approximate surface area is 236 Å². The molecule has 10 heteroatoms. The number of ether oxygens (including phenoxy) is 5. The average Bonchev–Trinajstić information content (AvgIpc) is 3.24. The molecule has 0 aliphatic carbocycles. The van der Waals surface area contributed by atoms with Gasteiger partial charge in [-0.15, -0.1) is 0 Å². The van der Waals surface area contributed by atoms with E-state index in [0.29, 0.717) is 56.1 Å². The molecule has 2 heterocycles. The molecule has 0 spiro atoms. The van der Waals surface area contributed by atoms with Gasteiger partial charge in [-0.25, -0.2) is 9.79 Å². The quantitative estimate of drug-likeness (QED) is 0.344. The smallest absolute Gasteiger partial charge is 0.338 e. The van der Waals surface area contributed by atoms with Gasteiger partial charge in [0.2, 0.25) is 0 Å². The lowest BCUT2D eigenvalue weighted by Crippen LogP contribution is -2.40. The van der Waals surface area contributed by atoms with Crippen LogP contribution in [0.3, 0.4) is 0 Å². The van der Waals surface area contributed by atoms with Crippen molar-refractivity contribution in [2.24, 2.45) is 10.9 Å². The van der Waals surface area contributed by atoms with Crippen molar-refractivity contribution in [3.05, 3.63) is 78.5 Å².